The van der Waals surface area contributed by atoms with Gasteiger partial charge in [0.2, 0.25) is 5.89 Å². The maximum Gasteiger partial charge on any atom is 0.227 e. The molecule has 0 fully saturated rings. The van der Waals surface area contributed by atoms with Gasteiger partial charge >= 0.3 is 0 Å². The van der Waals surface area contributed by atoms with Gasteiger partial charge in [0, 0.05) is 5.56 Å². The molecule has 1 unspecified atom stereocenters. The molecule has 5 nitrogen and oxygen atoms in total. The lowest BCUT2D eigenvalue weighted by molar-refractivity contribution is 0.0710. The summed E-state index contributed by atoms with van der Waals surface area (Å²) in [7, 11) is 0. The molecule has 0 saturated carbocycles. The predicted molar refractivity (Wildman–Crippen MR) is 162 cm³/mol. The third-order valence-electron chi connectivity index (χ3n) is 7.34. The Balaban J connectivity index is 1.21. The Labute approximate surface area is 240 Å². The first-order valence-electron chi connectivity index (χ1n) is 13.8. The van der Waals surface area contributed by atoms with E-state index < -0.39 is 5.54 Å². The third kappa shape index (κ3) is 5.70. The number of aromatic nitrogens is 1. The van der Waals surface area contributed by atoms with Crippen LogP contribution in [0.15, 0.2) is 144 Å². The van der Waals surface area contributed by atoms with Gasteiger partial charge in [-0.2, -0.15) is 0 Å². The molecular weight excluding hydrogens is 508 g/mol. The second-order valence-corrected chi connectivity index (χ2v) is 10.1. The van der Waals surface area contributed by atoms with E-state index in [0.29, 0.717) is 19.1 Å². The molecular formula is C36H32N2O3. The number of fused-ring (bicyclic) bond motifs is 1. The number of aliphatic hydroxyl groups excluding tert-OH is 1. The summed E-state index contributed by atoms with van der Waals surface area (Å²) in [6.07, 6.45) is 0. The Bertz CT molecular complexity index is 1540. The average molecular weight is 541 g/mol. The van der Waals surface area contributed by atoms with Crippen molar-refractivity contribution in [2.75, 3.05) is 13.2 Å². The van der Waals surface area contributed by atoms with E-state index in [9.17, 15) is 5.11 Å². The summed E-state index contributed by atoms with van der Waals surface area (Å²) in [5, 5.41) is 14.3. The van der Waals surface area contributed by atoms with Crippen LogP contribution < -0.4 is 5.32 Å². The molecule has 0 aliphatic rings. The van der Waals surface area contributed by atoms with Crippen LogP contribution in [0.1, 0.15) is 22.3 Å². The minimum atomic E-state index is -0.679. The van der Waals surface area contributed by atoms with Crippen molar-refractivity contribution in [3.63, 3.8) is 0 Å². The van der Waals surface area contributed by atoms with Crippen molar-refractivity contribution in [2.45, 2.75) is 18.2 Å². The molecule has 0 aliphatic heterocycles. The molecule has 0 amide bonds. The van der Waals surface area contributed by atoms with Crippen molar-refractivity contribution >= 4 is 11.1 Å². The standard InChI is InChI=1S/C36H32N2O3/c39-24-32(26-40-25-27-20-22-28(23-21-27)35-37-33-18-10-11-19-34(33)41-35)38-36(29-12-4-1-5-13-29,30-14-6-2-7-15-30)31-16-8-3-9-17-31/h1-23,32,38-39H,24-26H2. The van der Waals surface area contributed by atoms with Crippen LogP contribution >= 0.6 is 0 Å². The lowest BCUT2D eigenvalue weighted by Crippen LogP contribution is -2.52. The van der Waals surface area contributed by atoms with Crippen LogP contribution in [0.5, 0.6) is 0 Å². The number of ether oxygens (including phenoxy) is 1. The van der Waals surface area contributed by atoms with Crippen LogP contribution in [0.2, 0.25) is 0 Å². The number of rotatable bonds is 11. The zero-order valence-electron chi connectivity index (χ0n) is 22.7. The Hall–Kier alpha value is -4.55. The molecule has 0 radical (unpaired) electrons. The fraction of sp³-hybridized carbons (Fsp3) is 0.139. The molecule has 6 aromatic rings. The van der Waals surface area contributed by atoms with Gasteiger partial charge in [-0.3, -0.25) is 5.32 Å². The highest BCUT2D eigenvalue weighted by Gasteiger charge is 2.38. The van der Waals surface area contributed by atoms with Crippen molar-refractivity contribution < 1.29 is 14.3 Å². The number of nitrogens with zero attached hydrogens (tertiary/aromatic N) is 1. The molecule has 6 rings (SSSR count). The van der Waals surface area contributed by atoms with Crippen molar-refractivity contribution in [2.24, 2.45) is 0 Å². The summed E-state index contributed by atoms with van der Waals surface area (Å²) < 4.78 is 12.1. The Morgan fingerprint density at radius 2 is 1.22 bits per heavy atom. The van der Waals surface area contributed by atoms with Crippen molar-refractivity contribution in [3.8, 4) is 11.5 Å². The van der Waals surface area contributed by atoms with Crippen molar-refractivity contribution in [1.29, 1.82) is 0 Å². The van der Waals surface area contributed by atoms with E-state index in [4.69, 9.17) is 9.15 Å². The SMILES string of the molecule is OCC(COCc1ccc(-c2nc3ccccc3o2)cc1)NC(c1ccccc1)(c1ccccc1)c1ccccc1. The van der Waals surface area contributed by atoms with Gasteiger partial charge in [0.25, 0.3) is 0 Å². The molecule has 0 saturated heterocycles. The maximum atomic E-state index is 10.5. The van der Waals surface area contributed by atoms with Crippen molar-refractivity contribution in [1.82, 2.24) is 10.3 Å². The third-order valence-corrected chi connectivity index (χ3v) is 7.34. The van der Waals surface area contributed by atoms with Gasteiger partial charge in [0.15, 0.2) is 5.58 Å². The smallest absolute Gasteiger partial charge is 0.227 e. The molecule has 204 valence electrons. The summed E-state index contributed by atoms with van der Waals surface area (Å²) >= 11 is 0. The first-order chi connectivity index (χ1) is 20.3. The Morgan fingerprint density at radius 1 is 0.683 bits per heavy atom. The average Bonchev–Trinajstić information content (AvgIpc) is 3.49. The van der Waals surface area contributed by atoms with Gasteiger partial charge < -0.3 is 14.3 Å². The Kier molecular flexibility index (Phi) is 8.01. The molecule has 0 spiro atoms. The van der Waals surface area contributed by atoms with Crippen LogP contribution in [-0.4, -0.2) is 29.3 Å². The number of para-hydroxylation sites is 2. The van der Waals surface area contributed by atoms with Crippen LogP contribution in [0.25, 0.3) is 22.6 Å². The first kappa shape index (κ1) is 26.7. The lowest BCUT2D eigenvalue weighted by atomic mass is 9.76. The van der Waals surface area contributed by atoms with E-state index in [1.807, 2.05) is 103 Å². The van der Waals surface area contributed by atoms with E-state index in [-0.39, 0.29) is 12.6 Å². The van der Waals surface area contributed by atoms with Crippen LogP contribution in [0, 0.1) is 0 Å². The summed E-state index contributed by atoms with van der Waals surface area (Å²) in [6.45, 7) is 0.670. The zero-order chi connectivity index (χ0) is 27.9. The van der Waals surface area contributed by atoms with Crippen LogP contribution in [0.3, 0.4) is 0 Å². The largest absolute Gasteiger partial charge is 0.436 e. The lowest BCUT2D eigenvalue weighted by Gasteiger charge is -2.39. The topological polar surface area (TPSA) is 67.5 Å². The van der Waals surface area contributed by atoms with Crippen LogP contribution in [-0.2, 0) is 16.9 Å². The molecule has 1 aromatic heterocycles. The van der Waals surface area contributed by atoms with Gasteiger partial charge in [0.05, 0.1) is 31.4 Å². The van der Waals surface area contributed by atoms with E-state index in [0.717, 1.165) is 38.9 Å². The zero-order valence-corrected chi connectivity index (χ0v) is 22.7. The highest BCUT2D eigenvalue weighted by molar-refractivity contribution is 5.75. The normalized spacial score (nSPS) is 12.4. The second-order valence-electron chi connectivity index (χ2n) is 10.1. The predicted octanol–water partition coefficient (Wildman–Crippen LogP) is 6.95. The minimum absolute atomic E-state index is 0.0785. The number of hydrogen-bond acceptors (Lipinski definition) is 5. The maximum absolute atomic E-state index is 10.5. The summed E-state index contributed by atoms with van der Waals surface area (Å²) in [5.74, 6) is 0.599. The fourth-order valence-electron chi connectivity index (χ4n) is 5.32. The fourth-order valence-corrected chi connectivity index (χ4v) is 5.32. The molecule has 0 bridgehead atoms. The first-order valence-corrected chi connectivity index (χ1v) is 13.8. The van der Waals surface area contributed by atoms with E-state index in [1.54, 1.807) is 0 Å². The van der Waals surface area contributed by atoms with Crippen molar-refractivity contribution in [3.05, 3.63) is 162 Å². The molecule has 1 heterocycles. The molecule has 41 heavy (non-hydrogen) atoms. The summed E-state index contributed by atoms with van der Waals surface area (Å²) in [5.41, 5.74) is 6.15. The quantitative estimate of drug-likeness (QED) is 0.174. The van der Waals surface area contributed by atoms with Gasteiger partial charge in [-0.15, -0.1) is 0 Å². The second kappa shape index (κ2) is 12.3. The molecule has 5 heteroatoms. The molecule has 2 N–H and O–H groups in total. The van der Waals surface area contributed by atoms with Gasteiger partial charge in [-0.1, -0.05) is 115 Å². The number of nitrogens with one attached hydrogen (secondary N) is 1. The van der Waals surface area contributed by atoms with Crippen LogP contribution in [0.4, 0.5) is 0 Å². The number of oxazole rings is 1. The van der Waals surface area contributed by atoms with E-state index in [1.165, 1.54) is 0 Å². The highest BCUT2D eigenvalue weighted by Crippen LogP contribution is 2.37. The summed E-state index contributed by atoms with van der Waals surface area (Å²) in [4.78, 5) is 4.58. The van der Waals surface area contributed by atoms with Gasteiger partial charge in [-0.25, -0.2) is 4.98 Å². The minimum Gasteiger partial charge on any atom is -0.436 e. The van der Waals surface area contributed by atoms with Gasteiger partial charge in [0.1, 0.15) is 5.52 Å². The monoisotopic (exact) mass is 540 g/mol. The number of aliphatic hydroxyl groups is 1. The highest BCUT2D eigenvalue weighted by atomic mass is 16.5. The van der Waals surface area contributed by atoms with E-state index >= 15 is 0 Å². The molecule has 0 aliphatic carbocycles. The number of hydrogen-bond donors (Lipinski definition) is 2. The number of benzene rings is 5. The Morgan fingerprint density at radius 3 is 1.76 bits per heavy atom. The summed E-state index contributed by atoms with van der Waals surface area (Å²) in [6, 6.07) is 46.6. The molecule has 5 aromatic carbocycles. The van der Waals surface area contributed by atoms with Gasteiger partial charge in [-0.05, 0) is 46.5 Å². The van der Waals surface area contributed by atoms with E-state index in [2.05, 4.69) is 46.7 Å². The molecule has 1 atom stereocenters.